The summed E-state index contributed by atoms with van der Waals surface area (Å²) >= 11 is 0. The third-order valence-corrected chi connectivity index (χ3v) is 14.0. The van der Waals surface area contributed by atoms with Gasteiger partial charge in [0.2, 0.25) is 0 Å². The fourth-order valence-corrected chi connectivity index (χ4v) is 11.7. The van der Waals surface area contributed by atoms with Gasteiger partial charge in [-0.3, -0.25) is 4.79 Å². The van der Waals surface area contributed by atoms with Gasteiger partial charge in [0.25, 0.3) is 0 Å². The summed E-state index contributed by atoms with van der Waals surface area (Å²) in [4.78, 5) is 11.9. The molecule has 0 saturated heterocycles. The third kappa shape index (κ3) is 3.26. The number of hydrogen-bond donors (Lipinski definition) is 1. The van der Waals surface area contributed by atoms with Crippen molar-refractivity contribution in [2.75, 3.05) is 0 Å². The molecule has 0 radical (unpaired) electrons. The smallest absolute Gasteiger partial charge is 0.133 e. The van der Waals surface area contributed by atoms with Gasteiger partial charge in [0, 0.05) is 11.5 Å². The molecule has 8 unspecified atom stereocenters. The lowest BCUT2D eigenvalue weighted by atomic mass is 9.34. The molecule has 0 aliphatic heterocycles. The van der Waals surface area contributed by atoms with E-state index in [-0.39, 0.29) is 11.5 Å². The molecule has 6 rings (SSSR count). The van der Waals surface area contributed by atoms with Gasteiger partial charge in [-0.2, -0.15) is 0 Å². The number of carbonyl (C=O) groups excluding carboxylic acids is 1. The molecule has 4 saturated carbocycles. The second-order valence-electron chi connectivity index (χ2n) is 14.9. The van der Waals surface area contributed by atoms with Crippen molar-refractivity contribution in [1.29, 1.82) is 0 Å². The molecule has 0 bridgehead atoms. The summed E-state index contributed by atoms with van der Waals surface area (Å²) in [6.07, 6.45) is 21.8. The molecule has 0 aromatic carbocycles. The van der Waals surface area contributed by atoms with E-state index in [1.807, 2.05) is 0 Å². The van der Waals surface area contributed by atoms with Crippen LogP contribution in [-0.4, -0.2) is 11.3 Å². The Balaban J connectivity index is 1.29. The van der Waals surface area contributed by atoms with Gasteiger partial charge >= 0.3 is 0 Å². The van der Waals surface area contributed by atoms with Crippen LogP contribution < -0.4 is 5.73 Å². The highest BCUT2D eigenvalue weighted by atomic mass is 16.1. The molecule has 4 fully saturated rings. The van der Waals surface area contributed by atoms with Crippen LogP contribution >= 0.6 is 0 Å². The molecule has 194 valence electrons. The van der Waals surface area contributed by atoms with E-state index >= 15 is 0 Å². The molecule has 0 spiro atoms. The van der Waals surface area contributed by atoms with Crippen LogP contribution in [0, 0.1) is 51.8 Å². The van der Waals surface area contributed by atoms with Crippen LogP contribution in [0.15, 0.2) is 23.3 Å². The second-order valence-corrected chi connectivity index (χ2v) is 14.9. The van der Waals surface area contributed by atoms with Crippen molar-refractivity contribution >= 4 is 5.78 Å². The summed E-state index contributed by atoms with van der Waals surface area (Å²) in [5, 5.41) is 0. The van der Waals surface area contributed by atoms with Gasteiger partial charge in [-0.05, 0) is 141 Å². The topological polar surface area (TPSA) is 43.1 Å². The Kier molecular flexibility index (Phi) is 5.62. The van der Waals surface area contributed by atoms with Crippen molar-refractivity contribution in [1.82, 2.24) is 0 Å². The number of nitrogens with two attached hydrogens (primary N) is 1. The number of rotatable bonds is 2. The number of Topliss-reactive ketones (excluding diaryl/α,β-unsaturated/α-hetero) is 1. The lowest BCUT2D eigenvalue weighted by Gasteiger charge is -2.71. The van der Waals surface area contributed by atoms with E-state index in [1.165, 1.54) is 64.2 Å². The highest BCUT2D eigenvalue weighted by molar-refractivity contribution is 5.78. The zero-order chi connectivity index (χ0) is 24.8. The number of carbonyl (C=O) groups is 1. The number of ketones is 1. The monoisotopic (exact) mass is 477 g/mol. The van der Waals surface area contributed by atoms with Crippen molar-refractivity contribution in [2.45, 2.75) is 124 Å². The number of allylic oxidation sites excluding steroid dienone is 4. The van der Waals surface area contributed by atoms with E-state index in [1.54, 1.807) is 18.1 Å². The van der Waals surface area contributed by atoms with Crippen LogP contribution in [0.5, 0.6) is 0 Å². The Labute approximate surface area is 215 Å². The molecule has 35 heavy (non-hydrogen) atoms. The molecule has 0 heterocycles. The lowest BCUT2D eigenvalue weighted by molar-refractivity contribution is -0.210. The SMILES string of the molecule is CC(=O)C1CC=C(C2=CCC3(C)C(CCC4(C)C3CCC3[C@H]5CCCC5(N)CC[C@]34C)C2C)CC1. The normalized spacial score (nSPS) is 53.4. The molecule has 0 amide bonds. The third-order valence-electron chi connectivity index (χ3n) is 14.0. The van der Waals surface area contributed by atoms with Gasteiger partial charge in [0.1, 0.15) is 5.78 Å². The van der Waals surface area contributed by atoms with Gasteiger partial charge < -0.3 is 5.73 Å². The van der Waals surface area contributed by atoms with Crippen LogP contribution in [0.1, 0.15) is 118 Å². The van der Waals surface area contributed by atoms with E-state index in [0.29, 0.717) is 27.9 Å². The molecule has 6 aliphatic rings. The predicted octanol–water partition coefficient (Wildman–Crippen LogP) is 8.01. The average Bonchev–Trinajstić information content (AvgIpc) is 3.21. The summed E-state index contributed by atoms with van der Waals surface area (Å²) < 4.78 is 0. The maximum absolute atomic E-state index is 11.9. The average molecular weight is 478 g/mol. The maximum atomic E-state index is 11.9. The first-order valence-corrected chi connectivity index (χ1v) is 15.2. The van der Waals surface area contributed by atoms with Crippen molar-refractivity contribution < 1.29 is 4.79 Å². The Morgan fingerprint density at radius 2 is 1.69 bits per heavy atom. The van der Waals surface area contributed by atoms with Crippen molar-refractivity contribution in [3.05, 3.63) is 23.3 Å². The largest absolute Gasteiger partial charge is 0.325 e. The first-order valence-electron chi connectivity index (χ1n) is 15.2. The van der Waals surface area contributed by atoms with E-state index in [2.05, 4.69) is 39.8 Å². The molecular weight excluding hydrogens is 426 g/mol. The molecule has 2 N–H and O–H groups in total. The second kappa shape index (κ2) is 8.05. The van der Waals surface area contributed by atoms with Gasteiger partial charge in [-0.25, -0.2) is 0 Å². The van der Waals surface area contributed by atoms with Crippen LogP contribution in [0.3, 0.4) is 0 Å². The first-order chi connectivity index (χ1) is 16.5. The Morgan fingerprint density at radius 3 is 2.40 bits per heavy atom. The molecule has 6 aliphatic carbocycles. The Hall–Kier alpha value is -0.890. The highest BCUT2D eigenvalue weighted by Gasteiger charge is 2.68. The minimum atomic E-state index is 0.153. The molecular formula is C33H51NO. The fourth-order valence-electron chi connectivity index (χ4n) is 11.7. The van der Waals surface area contributed by atoms with E-state index < -0.39 is 0 Å². The zero-order valence-corrected chi connectivity index (χ0v) is 23.3. The number of hydrogen-bond acceptors (Lipinski definition) is 2. The van der Waals surface area contributed by atoms with E-state index in [4.69, 9.17) is 5.73 Å². The quantitative estimate of drug-likeness (QED) is 0.437. The summed E-state index contributed by atoms with van der Waals surface area (Å²) in [5.74, 6) is 4.55. The van der Waals surface area contributed by atoms with E-state index in [9.17, 15) is 4.79 Å². The first kappa shape index (κ1) is 24.4. The van der Waals surface area contributed by atoms with Crippen molar-refractivity contribution in [2.24, 2.45) is 57.5 Å². The summed E-state index contributed by atoms with van der Waals surface area (Å²) in [6, 6.07) is 0. The fraction of sp³-hybridized carbons (Fsp3) is 0.848. The molecule has 2 heteroatoms. The highest BCUT2D eigenvalue weighted by Crippen LogP contribution is 2.74. The molecule has 10 atom stereocenters. The Bertz CT molecular complexity index is 962. The summed E-state index contributed by atoms with van der Waals surface area (Å²) in [5.41, 5.74) is 11.8. The number of fused-ring (bicyclic) bond motifs is 7. The molecule has 2 nitrogen and oxygen atoms in total. The maximum Gasteiger partial charge on any atom is 0.133 e. The van der Waals surface area contributed by atoms with Gasteiger partial charge in [0.05, 0.1) is 0 Å². The minimum absolute atomic E-state index is 0.153. The zero-order valence-electron chi connectivity index (χ0n) is 23.3. The predicted molar refractivity (Wildman–Crippen MR) is 145 cm³/mol. The van der Waals surface area contributed by atoms with Gasteiger partial charge in [-0.1, -0.05) is 46.3 Å². The van der Waals surface area contributed by atoms with Gasteiger partial charge in [0.15, 0.2) is 0 Å². The molecule has 0 aromatic rings. The Morgan fingerprint density at radius 1 is 0.886 bits per heavy atom. The van der Waals surface area contributed by atoms with Crippen LogP contribution in [0.25, 0.3) is 0 Å². The van der Waals surface area contributed by atoms with Crippen molar-refractivity contribution in [3.63, 3.8) is 0 Å². The minimum Gasteiger partial charge on any atom is -0.325 e. The van der Waals surface area contributed by atoms with Crippen LogP contribution in [0.2, 0.25) is 0 Å². The molecule has 0 aromatic heterocycles. The van der Waals surface area contributed by atoms with E-state index in [0.717, 1.165) is 42.9 Å². The summed E-state index contributed by atoms with van der Waals surface area (Å²) in [7, 11) is 0. The van der Waals surface area contributed by atoms with Crippen LogP contribution in [0.4, 0.5) is 0 Å². The lowest BCUT2D eigenvalue weighted by Crippen LogP contribution is -2.66. The van der Waals surface area contributed by atoms with Gasteiger partial charge in [-0.15, -0.1) is 0 Å². The summed E-state index contributed by atoms with van der Waals surface area (Å²) in [6.45, 7) is 12.5. The standard InChI is InChI=1S/C33H51NO/c1-21-25(24-10-8-23(9-11-24)22(2)35)14-17-30(3)26(21)15-18-32(5)29(30)13-12-27-28-7-6-16-33(28,34)20-19-31(27,32)4/h10,14,21,23,26-29H,6-9,11-13,15-20,34H2,1-5H3/t21?,23?,26?,27?,28-,29?,30?,31-,32?,33?/m1/s1. The van der Waals surface area contributed by atoms with Crippen LogP contribution in [-0.2, 0) is 4.79 Å². The van der Waals surface area contributed by atoms with Crippen molar-refractivity contribution in [3.8, 4) is 0 Å².